The summed E-state index contributed by atoms with van der Waals surface area (Å²) >= 11 is 0. The number of nitrogens with zero attached hydrogens (tertiary/aromatic N) is 1. The number of imide groups is 1. The third kappa shape index (κ3) is 3.36. The summed E-state index contributed by atoms with van der Waals surface area (Å²) in [5.41, 5.74) is -0.0846. The Kier molecular flexibility index (Phi) is 4.21. The molecular formula is C14H17N3O4. The molecule has 2 heterocycles. The van der Waals surface area contributed by atoms with Crippen LogP contribution in [0.25, 0.3) is 0 Å². The van der Waals surface area contributed by atoms with Gasteiger partial charge in [0, 0.05) is 24.7 Å². The number of carbonyl (C=O) groups excluding carboxylic acids is 3. The molecule has 0 aliphatic carbocycles. The van der Waals surface area contributed by atoms with Gasteiger partial charge in [0.15, 0.2) is 0 Å². The van der Waals surface area contributed by atoms with E-state index in [0.717, 1.165) is 0 Å². The standard InChI is InChI=1S/C14H17N3O4/c1-8(2)15-13(20)9-3-6-12(19)17(7-9)10-4-5-11(18)16-14(10)21/h3,6-8,10H,4-5H2,1-2H3,(H,15,20)(H,16,18,21). The molecule has 1 saturated heterocycles. The van der Waals surface area contributed by atoms with Gasteiger partial charge in [0.05, 0.1) is 5.56 Å². The van der Waals surface area contributed by atoms with Gasteiger partial charge in [0.1, 0.15) is 6.04 Å². The van der Waals surface area contributed by atoms with Crippen molar-refractivity contribution in [3.05, 3.63) is 34.2 Å². The molecule has 1 aliphatic rings. The minimum Gasteiger partial charge on any atom is -0.350 e. The summed E-state index contributed by atoms with van der Waals surface area (Å²) in [6.45, 7) is 3.65. The lowest BCUT2D eigenvalue weighted by Crippen LogP contribution is -2.44. The second-order valence-electron chi connectivity index (χ2n) is 5.26. The van der Waals surface area contributed by atoms with Gasteiger partial charge in [-0.2, -0.15) is 0 Å². The zero-order valence-corrected chi connectivity index (χ0v) is 11.9. The third-order valence-electron chi connectivity index (χ3n) is 3.17. The number of nitrogens with one attached hydrogen (secondary N) is 2. The van der Waals surface area contributed by atoms with Crippen LogP contribution in [-0.4, -0.2) is 28.3 Å². The largest absolute Gasteiger partial charge is 0.350 e. The van der Waals surface area contributed by atoms with E-state index in [-0.39, 0.29) is 36.3 Å². The van der Waals surface area contributed by atoms with Gasteiger partial charge in [-0.05, 0) is 26.3 Å². The van der Waals surface area contributed by atoms with Crippen LogP contribution in [0.1, 0.15) is 43.1 Å². The molecule has 1 aromatic rings. The quantitative estimate of drug-likeness (QED) is 0.764. The van der Waals surface area contributed by atoms with Crippen LogP contribution in [0.5, 0.6) is 0 Å². The van der Waals surface area contributed by atoms with Crippen LogP contribution in [0, 0.1) is 0 Å². The Morgan fingerprint density at radius 3 is 2.67 bits per heavy atom. The summed E-state index contributed by atoms with van der Waals surface area (Å²) in [4.78, 5) is 46.8. The Labute approximate surface area is 121 Å². The smallest absolute Gasteiger partial charge is 0.252 e. The van der Waals surface area contributed by atoms with Crippen LogP contribution in [0.3, 0.4) is 0 Å². The number of rotatable bonds is 3. The molecule has 0 spiro atoms. The SMILES string of the molecule is CC(C)NC(=O)c1ccc(=O)n(C2CCC(=O)NC2=O)c1. The van der Waals surface area contributed by atoms with E-state index in [0.29, 0.717) is 5.56 Å². The summed E-state index contributed by atoms with van der Waals surface area (Å²) in [7, 11) is 0. The topological polar surface area (TPSA) is 97.3 Å². The number of piperidine rings is 1. The van der Waals surface area contributed by atoms with Crippen LogP contribution >= 0.6 is 0 Å². The van der Waals surface area contributed by atoms with Crippen LogP contribution < -0.4 is 16.2 Å². The number of aromatic nitrogens is 1. The highest BCUT2D eigenvalue weighted by molar-refractivity contribution is 5.99. The van der Waals surface area contributed by atoms with Crippen molar-refractivity contribution in [1.29, 1.82) is 0 Å². The minimum absolute atomic E-state index is 0.0338. The van der Waals surface area contributed by atoms with Gasteiger partial charge < -0.3 is 9.88 Å². The van der Waals surface area contributed by atoms with Crippen molar-refractivity contribution in [3.8, 4) is 0 Å². The minimum atomic E-state index is -0.762. The molecule has 21 heavy (non-hydrogen) atoms. The number of pyridine rings is 1. The molecule has 1 atom stereocenters. The predicted octanol–water partition coefficient (Wildman–Crippen LogP) is -0.0358. The highest BCUT2D eigenvalue weighted by Crippen LogP contribution is 2.17. The van der Waals surface area contributed by atoms with Crippen LogP contribution in [0.4, 0.5) is 0 Å². The van der Waals surface area contributed by atoms with Crippen molar-refractivity contribution < 1.29 is 14.4 Å². The predicted molar refractivity (Wildman–Crippen MR) is 74.7 cm³/mol. The number of hydrogen-bond acceptors (Lipinski definition) is 4. The lowest BCUT2D eigenvalue weighted by Gasteiger charge is -2.23. The van der Waals surface area contributed by atoms with Gasteiger partial charge in [-0.25, -0.2) is 0 Å². The van der Waals surface area contributed by atoms with E-state index in [2.05, 4.69) is 10.6 Å². The molecule has 0 aromatic carbocycles. The zero-order chi connectivity index (χ0) is 15.6. The van der Waals surface area contributed by atoms with E-state index in [1.165, 1.54) is 22.9 Å². The Bertz CT molecular complexity index is 648. The van der Waals surface area contributed by atoms with Gasteiger partial charge in [0.25, 0.3) is 11.5 Å². The maximum atomic E-state index is 12.0. The molecule has 0 saturated carbocycles. The fourth-order valence-electron chi connectivity index (χ4n) is 2.17. The van der Waals surface area contributed by atoms with Gasteiger partial charge in [-0.1, -0.05) is 0 Å². The van der Waals surface area contributed by atoms with Crippen molar-refractivity contribution in [2.75, 3.05) is 0 Å². The summed E-state index contributed by atoms with van der Waals surface area (Å²) in [6.07, 6.45) is 1.78. The molecule has 7 nitrogen and oxygen atoms in total. The van der Waals surface area contributed by atoms with Crippen molar-refractivity contribution in [3.63, 3.8) is 0 Å². The normalized spacial score (nSPS) is 18.5. The van der Waals surface area contributed by atoms with Gasteiger partial charge >= 0.3 is 0 Å². The van der Waals surface area contributed by atoms with Gasteiger partial charge in [-0.3, -0.25) is 24.5 Å². The van der Waals surface area contributed by atoms with E-state index in [1.807, 2.05) is 13.8 Å². The fourth-order valence-corrected chi connectivity index (χ4v) is 2.17. The van der Waals surface area contributed by atoms with Crippen LogP contribution in [-0.2, 0) is 9.59 Å². The highest BCUT2D eigenvalue weighted by Gasteiger charge is 2.28. The number of amides is 3. The summed E-state index contributed by atoms with van der Waals surface area (Å²) < 4.78 is 1.21. The highest BCUT2D eigenvalue weighted by atomic mass is 16.2. The molecule has 0 radical (unpaired) electrons. The molecule has 1 fully saturated rings. The van der Waals surface area contributed by atoms with E-state index in [1.54, 1.807) is 0 Å². The van der Waals surface area contributed by atoms with Crippen molar-refractivity contribution >= 4 is 17.7 Å². The lowest BCUT2D eigenvalue weighted by atomic mass is 10.1. The molecule has 2 N–H and O–H groups in total. The maximum absolute atomic E-state index is 12.0. The average molecular weight is 291 g/mol. The first-order valence-corrected chi connectivity index (χ1v) is 6.75. The molecule has 1 aromatic heterocycles. The molecule has 0 bridgehead atoms. The van der Waals surface area contributed by atoms with Crippen molar-refractivity contribution in [1.82, 2.24) is 15.2 Å². The molecule has 3 amide bonds. The maximum Gasteiger partial charge on any atom is 0.252 e. The first kappa shape index (κ1) is 15.0. The van der Waals surface area contributed by atoms with Crippen molar-refractivity contribution in [2.45, 2.75) is 38.8 Å². The van der Waals surface area contributed by atoms with Gasteiger partial charge in [0.2, 0.25) is 11.8 Å². The molecule has 112 valence electrons. The Morgan fingerprint density at radius 1 is 1.33 bits per heavy atom. The molecule has 1 unspecified atom stereocenters. The zero-order valence-electron chi connectivity index (χ0n) is 11.9. The second kappa shape index (κ2) is 5.90. The third-order valence-corrected chi connectivity index (χ3v) is 3.17. The number of carbonyl (C=O) groups is 3. The summed E-state index contributed by atoms with van der Waals surface area (Å²) in [5.74, 6) is -1.18. The first-order chi connectivity index (χ1) is 9.88. The van der Waals surface area contributed by atoms with E-state index >= 15 is 0 Å². The Hall–Kier alpha value is -2.44. The second-order valence-corrected chi connectivity index (χ2v) is 5.26. The summed E-state index contributed by atoms with van der Waals surface area (Å²) in [6, 6.07) is 1.87. The van der Waals surface area contributed by atoms with Crippen LogP contribution in [0.15, 0.2) is 23.1 Å². The summed E-state index contributed by atoms with van der Waals surface area (Å²) in [5, 5.41) is 4.92. The van der Waals surface area contributed by atoms with Gasteiger partial charge in [-0.15, -0.1) is 0 Å². The number of hydrogen-bond donors (Lipinski definition) is 2. The van der Waals surface area contributed by atoms with Crippen molar-refractivity contribution in [2.24, 2.45) is 0 Å². The average Bonchev–Trinajstić information content (AvgIpc) is 2.39. The molecule has 2 rings (SSSR count). The Balaban J connectivity index is 2.31. The van der Waals surface area contributed by atoms with E-state index < -0.39 is 11.9 Å². The molecule has 7 heteroatoms. The lowest BCUT2D eigenvalue weighted by molar-refractivity contribution is -0.135. The first-order valence-electron chi connectivity index (χ1n) is 6.75. The molecule has 1 aliphatic heterocycles. The van der Waals surface area contributed by atoms with E-state index in [9.17, 15) is 19.2 Å². The van der Waals surface area contributed by atoms with Crippen LogP contribution in [0.2, 0.25) is 0 Å². The monoisotopic (exact) mass is 291 g/mol. The molecular weight excluding hydrogens is 274 g/mol. The Morgan fingerprint density at radius 2 is 2.05 bits per heavy atom. The fraction of sp³-hybridized carbons (Fsp3) is 0.429. The van der Waals surface area contributed by atoms with E-state index in [4.69, 9.17) is 0 Å².